The third-order valence-corrected chi connectivity index (χ3v) is 5.77. The second-order valence-electron chi connectivity index (χ2n) is 7.45. The Kier molecular flexibility index (Phi) is 5.90. The number of benzene rings is 2. The van der Waals surface area contributed by atoms with Crippen LogP contribution in [-0.4, -0.2) is 17.6 Å². The zero-order valence-corrected chi connectivity index (χ0v) is 17.1. The van der Waals surface area contributed by atoms with Gasteiger partial charge in [0.15, 0.2) is 0 Å². The summed E-state index contributed by atoms with van der Waals surface area (Å²) in [5, 5.41) is 2.90. The monoisotopic (exact) mass is 382 g/mol. The van der Waals surface area contributed by atoms with Gasteiger partial charge in [0.25, 0.3) is 0 Å². The van der Waals surface area contributed by atoms with E-state index >= 15 is 0 Å². The van der Waals surface area contributed by atoms with Crippen molar-refractivity contribution in [2.45, 2.75) is 39.5 Å². The Morgan fingerprint density at radius 1 is 1.22 bits per heavy atom. The third kappa shape index (κ3) is 4.35. The Labute approximate surface area is 165 Å². The van der Waals surface area contributed by atoms with Crippen molar-refractivity contribution in [3.63, 3.8) is 0 Å². The lowest BCUT2D eigenvalue weighted by Crippen LogP contribution is -2.29. The van der Waals surface area contributed by atoms with Gasteiger partial charge in [-0.15, -0.1) is 11.8 Å². The highest BCUT2D eigenvalue weighted by Gasteiger charge is 2.36. The number of carbonyl (C=O) groups is 2. The molecule has 1 aliphatic rings. The minimum Gasteiger partial charge on any atom is -0.326 e. The Morgan fingerprint density at radius 3 is 2.67 bits per heavy atom. The van der Waals surface area contributed by atoms with E-state index in [1.165, 1.54) is 5.56 Å². The van der Waals surface area contributed by atoms with Gasteiger partial charge >= 0.3 is 0 Å². The Hall–Kier alpha value is -2.27. The molecule has 0 bridgehead atoms. The molecule has 1 N–H and O–H groups in total. The number of thioether (sulfide) groups is 1. The number of amides is 2. The summed E-state index contributed by atoms with van der Waals surface area (Å²) >= 11 is 1.60. The quantitative estimate of drug-likeness (QED) is 0.786. The number of para-hydroxylation sites is 1. The van der Waals surface area contributed by atoms with Crippen LogP contribution >= 0.6 is 11.8 Å². The summed E-state index contributed by atoms with van der Waals surface area (Å²) in [7, 11) is 0. The molecule has 4 nitrogen and oxygen atoms in total. The summed E-state index contributed by atoms with van der Waals surface area (Å²) in [5.41, 5.74) is 4.94. The second kappa shape index (κ2) is 8.17. The predicted octanol–water partition coefficient (Wildman–Crippen LogP) is 5.07. The maximum absolute atomic E-state index is 12.7. The van der Waals surface area contributed by atoms with Gasteiger partial charge < -0.3 is 5.32 Å². The SMILES string of the molecule is Cc1ccc(N2C(=O)CS[C@@H]2c2ccccc2NC(=O)CC(C)C)c(C)c1. The maximum Gasteiger partial charge on any atom is 0.238 e. The second-order valence-corrected chi connectivity index (χ2v) is 8.52. The van der Waals surface area contributed by atoms with Gasteiger partial charge in [-0.25, -0.2) is 0 Å². The summed E-state index contributed by atoms with van der Waals surface area (Å²) in [6.07, 6.45) is 0.478. The molecule has 1 heterocycles. The van der Waals surface area contributed by atoms with Crippen LogP contribution in [0.1, 0.15) is 42.3 Å². The van der Waals surface area contributed by atoms with Crippen LogP contribution in [-0.2, 0) is 9.59 Å². The van der Waals surface area contributed by atoms with Crippen LogP contribution < -0.4 is 10.2 Å². The highest BCUT2D eigenvalue weighted by atomic mass is 32.2. The summed E-state index contributed by atoms with van der Waals surface area (Å²) in [6, 6.07) is 13.9. The van der Waals surface area contributed by atoms with Crippen LogP contribution in [0.3, 0.4) is 0 Å². The van der Waals surface area contributed by atoms with Gasteiger partial charge in [0, 0.05) is 23.4 Å². The molecule has 1 aliphatic heterocycles. The van der Waals surface area contributed by atoms with Crippen LogP contribution in [0.15, 0.2) is 42.5 Å². The molecule has 142 valence electrons. The first-order valence-corrected chi connectivity index (χ1v) is 10.3. The molecule has 1 saturated heterocycles. The van der Waals surface area contributed by atoms with Crippen molar-refractivity contribution >= 4 is 35.0 Å². The topological polar surface area (TPSA) is 49.4 Å². The van der Waals surface area contributed by atoms with Crippen molar-refractivity contribution < 1.29 is 9.59 Å². The molecular formula is C22H26N2O2S. The van der Waals surface area contributed by atoms with Crippen LogP contribution in [0.5, 0.6) is 0 Å². The zero-order chi connectivity index (χ0) is 19.6. The van der Waals surface area contributed by atoms with Crippen molar-refractivity contribution in [2.24, 2.45) is 5.92 Å². The van der Waals surface area contributed by atoms with E-state index in [2.05, 4.69) is 11.4 Å². The highest BCUT2D eigenvalue weighted by molar-refractivity contribution is 8.00. The fourth-order valence-electron chi connectivity index (χ4n) is 3.39. The first-order chi connectivity index (χ1) is 12.9. The first-order valence-electron chi connectivity index (χ1n) is 9.26. The van der Waals surface area contributed by atoms with Gasteiger partial charge in [0.05, 0.1) is 5.75 Å². The molecule has 0 aromatic heterocycles. The van der Waals surface area contributed by atoms with Crippen molar-refractivity contribution in [1.82, 2.24) is 0 Å². The van der Waals surface area contributed by atoms with Gasteiger partial charge in [0.1, 0.15) is 5.37 Å². The number of hydrogen-bond acceptors (Lipinski definition) is 3. The molecular weight excluding hydrogens is 356 g/mol. The smallest absolute Gasteiger partial charge is 0.238 e. The van der Waals surface area contributed by atoms with Gasteiger partial charge in [-0.1, -0.05) is 49.7 Å². The van der Waals surface area contributed by atoms with E-state index < -0.39 is 0 Å². The Bertz CT molecular complexity index is 863. The highest BCUT2D eigenvalue weighted by Crippen LogP contribution is 2.45. The molecule has 0 radical (unpaired) electrons. The van der Waals surface area contributed by atoms with E-state index in [1.807, 2.05) is 69.0 Å². The Balaban J connectivity index is 1.95. The minimum absolute atomic E-state index is 0.00448. The molecule has 1 atom stereocenters. The Morgan fingerprint density at radius 2 is 1.96 bits per heavy atom. The molecule has 0 aliphatic carbocycles. The van der Waals surface area contributed by atoms with Crippen LogP contribution in [0.25, 0.3) is 0 Å². The number of nitrogens with zero attached hydrogens (tertiary/aromatic N) is 1. The number of rotatable bonds is 5. The van der Waals surface area contributed by atoms with Gasteiger partial charge in [-0.3, -0.25) is 14.5 Å². The van der Waals surface area contributed by atoms with Crippen LogP contribution in [0, 0.1) is 19.8 Å². The average Bonchev–Trinajstić information content (AvgIpc) is 2.96. The van der Waals surface area contributed by atoms with Crippen molar-refractivity contribution in [3.8, 4) is 0 Å². The van der Waals surface area contributed by atoms with Crippen molar-refractivity contribution in [1.29, 1.82) is 0 Å². The molecule has 27 heavy (non-hydrogen) atoms. The molecule has 2 aromatic rings. The standard InChI is InChI=1S/C22H26N2O2S/c1-14(2)11-20(25)23-18-8-6-5-7-17(18)22-24(21(26)13-27-22)19-10-9-15(3)12-16(19)4/h5-10,12,14,22H,11,13H2,1-4H3,(H,23,25)/t22-/m1/s1. The van der Waals surface area contributed by atoms with Gasteiger partial charge in [-0.05, 0) is 37.5 Å². The fraction of sp³-hybridized carbons (Fsp3) is 0.364. The van der Waals surface area contributed by atoms with E-state index in [9.17, 15) is 9.59 Å². The molecule has 3 rings (SSSR count). The first kappa shape index (κ1) is 19.5. The van der Waals surface area contributed by atoms with E-state index in [-0.39, 0.29) is 17.2 Å². The fourth-order valence-corrected chi connectivity index (χ4v) is 4.59. The van der Waals surface area contributed by atoms with E-state index in [1.54, 1.807) is 11.8 Å². The summed E-state index contributed by atoms with van der Waals surface area (Å²) in [5.74, 6) is 0.836. The number of aryl methyl sites for hydroxylation is 2. The van der Waals surface area contributed by atoms with E-state index in [0.29, 0.717) is 18.1 Å². The normalized spacial score (nSPS) is 16.9. The molecule has 1 fully saturated rings. The molecule has 0 saturated carbocycles. The average molecular weight is 383 g/mol. The number of hydrogen-bond donors (Lipinski definition) is 1. The molecule has 5 heteroatoms. The molecule has 2 aromatic carbocycles. The lowest BCUT2D eigenvalue weighted by atomic mass is 10.1. The summed E-state index contributed by atoms with van der Waals surface area (Å²) < 4.78 is 0. The van der Waals surface area contributed by atoms with Crippen LogP contribution in [0.4, 0.5) is 11.4 Å². The molecule has 2 amide bonds. The van der Waals surface area contributed by atoms with Gasteiger partial charge in [0.2, 0.25) is 11.8 Å². The maximum atomic E-state index is 12.7. The lowest BCUT2D eigenvalue weighted by molar-refractivity contribution is -0.117. The van der Waals surface area contributed by atoms with Crippen LogP contribution in [0.2, 0.25) is 0 Å². The van der Waals surface area contributed by atoms with Crippen molar-refractivity contribution in [2.75, 3.05) is 16.0 Å². The number of carbonyl (C=O) groups excluding carboxylic acids is 2. The van der Waals surface area contributed by atoms with E-state index in [4.69, 9.17) is 0 Å². The summed E-state index contributed by atoms with van der Waals surface area (Å²) in [6.45, 7) is 8.14. The number of nitrogens with one attached hydrogen (secondary N) is 1. The molecule has 0 spiro atoms. The van der Waals surface area contributed by atoms with Crippen molar-refractivity contribution in [3.05, 3.63) is 59.2 Å². The third-order valence-electron chi connectivity index (χ3n) is 4.57. The zero-order valence-electron chi connectivity index (χ0n) is 16.3. The van der Waals surface area contributed by atoms with E-state index in [0.717, 1.165) is 22.5 Å². The lowest BCUT2D eigenvalue weighted by Gasteiger charge is -2.27. The minimum atomic E-state index is -0.144. The summed E-state index contributed by atoms with van der Waals surface area (Å²) in [4.78, 5) is 26.9. The predicted molar refractivity (Wildman–Crippen MR) is 113 cm³/mol. The number of anilines is 2. The molecule has 0 unspecified atom stereocenters. The van der Waals surface area contributed by atoms with Gasteiger partial charge in [-0.2, -0.15) is 0 Å². The largest absolute Gasteiger partial charge is 0.326 e.